The molecular formula is C24H27ClN4O5S. The first-order valence-corrected chi connectivity index (χ1v) is 12.3. The van der Waals surface area contributed by atoms with Gasteiger partial charge in [0.1, 0.15) is 11.3 Å². The average Bonchev–Trinajstić information content (AvgIpc) is 3.32. The third-order valence-electron chi connectivity index (χ3n) is 5.52. The fraction of sp³-hybridized carbons (Fsp3) is 0.333. The minimum atomic E-state index is -0.342. The highest BCUT2D eigenvalue weighted by Crippen LogP contribution is 2.46. The molecule has 2 N–H and O–H groups in total. The molecule has 1 saturated heterocycles. The molecule has 0 saturated carbocycles. The van der Waals surface area contributed by atoms with Crippen molar-refractivity contribution in [1.29, 1.82) is 0 Å². The Kier molecular flexibility index (Phi) is 7.84. The lowest BCUT2D eigenvalue weighted by molar-refractivity contribution is 0.0526. The first-order valence-electron chi connectivity index (χ1n) is 11.0. The van der Waals surface area contributed by atoms with Gasteiger partial charge in [0, 0.05) is 17.5 Å². The van der Waals surface area contributed by atoms with Crippen molar-refractivity contribution in [3.8, 4) is 17.2 Å². The van der Waals surface area contributed by atoms with Gasteiger partial charge in [-0.3, -0.25) is 5.43 Å². The summed E-state index contributed by atoms with van der Waals surface area (Å²) in [6.07, 6.45) is 0.747. The van der Waals surface area contributed by atoms with Crippen LogP contribution in [0.5, 0.6) is 17.2 Å². The predicted octanol–water partition coefficient (Wildman–Crippen LogP) is 5.43. The standard InChI is InChI=1S/C24H27ClN4O5S/c1-5-34-23(30)14-6-8-16(9-7-14)26-21-13-35-24(27-21)28-29-17(12-20(29)25)15-10-18(31-2)22(33-4)19(11-15)32-3/h6-11,13,17,20,26H,5,12H2,1-4H3,(H,27,28). The van der Waals surface area contributed by atoms with E-state index in [9.17, 15) is 4.79 Å². The zero-order chi connectivity index (χ0) is 24.9. The van der Waals surface area contributed by atoms with Gasteiger partial charge in [0.25, 0.3) is 0 Å². The zero-order valence-electron chi connectivity index (χ0n) is 19.8. The highest BCUT2D eigenvalue weighted by Gasteiger charge is 2.40. The number of thiazole rings is 1. The Hall–Kier alpha value is -3.21. The lowest BCUT2D eigenvalue weighted by Gasteiger charge is -2.45. The molecule has 35 heavy (non-hydrogen) atoms. The summed E-state index contributed by atoms with van der Waals surface area (Å²) in [5, 5.41) is 7.78. The molecule has 1 aromatic heterocycles. The van der Waals surface area contributed by atoms with E-state index in [-0.39, 0.29) is 17.5 Å². The first-order chi connectivity index (χ1) is 17.0. The predicted molar refractivity (Wildman–Crippen MR) is 136 cm³/mol. The van der Waals surface area contributed by atoms with Crippen molar-refractivity contribution < 1.29 is 23.7 Å². The second kappa shape index (κ2) is 11.0. The van der Waals surface area contributed by atoms with E-state index in [1.165, 1.54) is 11.3 Å². The largest absolute Gasteiger partial charge is 0.493 e. The van der Waals surface area contributed by atoms with Crippen molar-refractivity contribution in [2.24, 2.45) is 0 Å². The molecule has 0 amide bonds. The number of nitrogens with one attached hydrogen (secondary N) is 2. The topological polar surface area (TPSA) is 94.2 Å². The van der Waals surface area contributed by atoms with Crippen LogP contribution in [0.4, 0.5) is 16.6 Å². The fourth-order valence-electron chi connectivity index (χ4n) is 3.75. The van der Waals surface area contributed by atoms with Gasteiger partial charge in [-0.05, 0) is 48.9 Å². The van der Waals surface area contributed by atoms with Gasteiger partial charge in [0.2, 0.25) is 5.75 Å². The summed E-state index contributed by atoms with van der Waals surface area (Å²) in [7, 11) is 4.77. The lowest BCUT2D eigenvalue weighted by atomic mass is 9.95. The molecule has 0 aliphatic carbocycles. The number of halogens is 1. The molecule has 11 heteroatoms. The van der Waals surface area contributed by atoms with Gasteiger partial charge < -0.3 is 24.3 Å². The van der Waals surface area contributed by atoms with Crippen LogP contribution in [0.15, 0.2) is 41.8 Å². The summed E-state index contributed by atoms with van der Waals surface area (Å²) in [6.45, 7) is 2.12. The molecule has 2 unspecified atom stereocenters. The van der Waals surface area contributed by atoms with Crippen molar-refractivity contribution in [2.75, 3.05) is 38.7 Å². The number of anilines is 3. The summed E-state index contributed by atoms with van der Waals surface area (Å²) in [5.74, 6) is 2.07. The number of ether oxygens (including phenoxy) is 4. The van der Waals surface area contributed by atoms with Crippen molar-refractivity contribution in [2.45, 2.75) is 24.9 Å². The Bertz CT molecular complexity index is 1150. The van der Waals surface area contributed by atoms with E-state index in [0.29, 0.717) is 40.4 Å². The molecular weight excluding hydrogens is 492 g/mol. The normalized spacial score (nSPS) is 17.3. The van der Waals surface area contributed by atoms with Gasteiger partial charge in [0.15, 0.2) is 16.6 Å². The van der Waals surface area contributed by atoms with Gasteiger partial charge in [-0.25, -0.2) is 9.78 Å². The quantitative estimate of drug-likeness (QED) is 0.207. The van der Waals surface area contributed by atoms with E-state index in [1.54, 1.807) is 40.4 Å². The van der Waals surface area contributed by atoms with Crippen LogP contribution >= 0.6 is 22.9 Å². The van der Waals surface area contributed by atoms with Crippen LogP contribution in [0.2, 0.25) is 0 Å². The van der Waals surface area contributed by atoms with Crippen LogP contribution in [0.3, 0.4) is 0 Å². The second-order valence-electron chi connectivity index (χ2n) is 7.62. The number of aromatic nitrogens is 1. The summed E-state index contributed by atoms with van der Waals surface area (Å²) < 4.78 is 21.4. The van der Waals surface area contributed by atoms with E-state index in [4.69, 9.17) is 30.5 Å². The smallest absolute Gasteiger partial charge is 0.338 e. The lowest BCUT2D eigenvalue weighted by Crippen LogP contribution is -2.50. The van der Waals surface area contributed by atoms with Crippen LogP contribution in [0, 0.1) is 0 Å². The SMILES string of the molecule is CCOC(=O)c1ccc(Nc2csc(NN3C(Cl)CC3c3cc(OC)c(OC)c(OC)c3)n2)cc1. The maximum atomic E-state index is 11.8. The molecule has 1 aliphatic heterocycles. The zero-order valence-corrected chi connectivity index (χ0v) is 21.4. The third kappa shape index (κ3) is 5.39. The highest BCUT2D eigenvalue weighted by atomic mass is 35.5. The average molecular weight is 519 g/mol. The maximum absolute atomic E-state index is 11.8. The number of benzene rings is 2. The number of rotatable bonds is 10. The van der Waals surface area contributed by atoms with E-state index >= 15 is 0 Å². The summed E-state index contributed by atoms with van der Waals surface area (Å²) in [5.41, 5.74) is 5.42. The number of hydrogen-bond donors (Lipinski definition) is 2. The van der Waals surface area contributed by atoms with Gasteiger partial charge in [-0.1, -0.05) is 0 Å². The number of nitrogens with zero attached hydrogens (tertiary/aromatic N) is 2. The molecule has 186 valence electrons. The van der Waals surface area contributed by atoms with Gasteiger partial charge >= 0.3 is 5.97 Å². The van der Waals surface area contributed by atoms with Crippen LogP contribution in [-0.2, 0) is 4.74 Å². The van der Waals surface area contributed by atoms with E-state index in [2.05, 4.69) is 15.7 Å². The molecule has 0 spiro atoms. The van der Waals surface area contributed by atoms with Crippen molar-refractivity contribution >= 4 is 45.5 Å². The number of methoxy groups -OCH3 is 3. The Morgan fingerprint density at radius 2 is 1.83 bits per heavy atom. The molecule has 9 nitrogen and oxygen atoms in total. The van der Waals surface area contributed by atoms with Crippen molar-refractivity contribution in [3.63, 3.8) is 0 Å². The van der Waals surface area contributed by atoms with Gasteiger partial charge in [-0.2, -0.15) is 5.01 Å². The summed E-state index contributed by atoms with van der Waals surface area (Å²) in [4.78, 5) is 16.4. The Balaban J connectivity index is 1.44. The molecule has 1 aliphatic rings. The number of esters is 1. The van der Waals surface area contributed by atoms with Crippen LogP contribution < -0.4 is 25.0 Å². The number of hydrazine groups is 1. The minimum absolute atomic E-state index is 0.00179. The molecule has 1 fully saturated rings. The first kappa shape index (κ1) is 24.9. The third-order valence-corrected chi connectivity index (χ3v) is 6.66. The van der Waals surface area contributed by atoms with Crippen LogP contribution in [-0.4, -0.2) is 49.4 Å². The number of carbonyl (C=O) groups excluding carboxylic acids is 1. The van der Waals surface area contributed by atoms with E-state index < -0.39 is 0 Å². The van der Waals surface area contributed by atoms with E-state index in [0.717, 1.165) is 17.7 Å². The molecule has 2 heterocycles. The summed E-state index contributed by atoms with van der Waals surface area (Å²) >= 11 is 7.97. The fourth-order valence-corrected chi connectivity index (χ4v) is 4.75. The van der Waals surface area contributed by atoms with Gasteiger partial charge in [0.05, 0.1) is 39.5 Å². The van der Waals surface area contributed by atoms with Crippen molar-refractivity contribution in [1.82, 2.24) is 9.99 Å². The number of carbonyl (C=O) groups is 1. The molecule has 0 bridgehead atoms. The van der Waals surface area contributed by atoms with Crippen LogP contribution in [0.25, 0.3) is 0 Å². The second-order valence-corrected chi connectivity index (χ2v) is 8.99. The molecule has 2 atom stereocenters. The van der Waals surface area contributed by atoms with E-state index in [1.807, 2.05) is 34.7 Å². The van der Waals surface area contributed by atoms with Crippen molar-refractivity contribution in [3.05, 3.63) is 52.9 Å². The molecule has 2 aromatic carbocycles. The summed E-state index contributed by atoms with van der Waals surface area (Å²) in [6, 6.07) is 10.9. The number of alkyl halides is 1. The van der Waals surface area contributed by atoms with Crippen LogP contribution in [0.1, 0.15) is 35.3 Å². The Morgan fingerprint density at radius 1 is 1.14 bits per heavy atom. The highest BCUT2D eigenvalue weighted by molar-refractivity contribution is 7.14. The number of hydrogen-bond acceptors (Lipinski definition) is 10. The van der Waals surface area contributed by atoms with Gasteiger partial charge in [-0.15, -0.1) is 22.9 Å². The Labute approximate surface area is 212 Å². The monoisotopic (exact) mass is 518 g/mol. The maximum Gasteiger partial charge on any atom is 0.338 e. The Morgan fingerprint density at radius 3 is 2.40 bits per heavy atom. The molecule has 4 rings (SSSR count). The minimum Gasteiger partial charge on any atom is -0.493 e. The molecule has 0 radical (unpaired) electrons. The molecule has 3 aromatic rings.